The van der Waals surface area contributed by atoms with Gasteiger partial charge in [-0.05, 0) is 12.8 Å². The minimum Gasteiger partial charge on any atom is -0.481 e. The number of aliphatic carboxylic acids is 1. The molecule has 0 radical (unpaired) electrons. The molecule has 6 nitrogen and oxygen atoms in total. The van der Waals surface area contributed by atoms with Crippen molar-refractivity contribution >= 4 is 17.8 Å². The van der Waals surface area contributed by atoms with Gasteiger partial charge >= 0.3 is 5.97 Å². The fourth-order valence-electron chi connectivity index (χ4n) is 2.19. The summed E-state index contributed by atoms with van der Waals surface area (Å²) in [5.41, 5.74) is 0. The fourth-order valence-corrected chi connectivity index (χ4v) is 2.19. The molecule has 0 aromatic carbocycles. The lowest BCUT2D eigenvalue weighted by Gasteiger charge is -2.27. The van der Waals surface area contributed by atoms with Gasteiger partial charge in [-0.15, -0.1) is 0 Å². The molecule has 0 spiro atoms. The van der Waals surface area contributed by atoms with Crippen molar-refractivity contribution in [1.29, 1.82) is 0 Å². The Morgan fingerprint density at radius 1 is 1.17 bits per heavy atom. The predicted octanol–water partition coefficient (Wildman–Crippen LogP) is 0.0818. The topological polar surface area (TPSA) is 86.7 Å². The highest BCUT2D eigenvalue weighted by atomic mass is 16.4. The average Bonchev–Trinajstić information content (AvgIpc) is 2.35. The fraction of sp³-hybridized carbons (Fsp3) is 0.750. The molecule has 1 aliphatic rings. The number of hydrogen-bond acceptors (Lipinski definition) is 3. The Bertz CT molecular complexity index is 341. The van der Waals surface area contributed by atoms with Crippen LogP contribution >= 0.6 is 0 Å². The molecule has 18 heavy (non-hydrogen) atoms. The molecule has 1 fully saturated rings. The van der Waals surface area contributed by atoms with Gasteiger partial charge in [0.15, 0.2) is 0 Å². The van der Waals surface area contributed by atoms with Crippen molar-refractivity contribution in [3.63, 3.8) is 0 Å². The van der Waals surface area contributed by atoms with Crippen LogP contribution in [0.3, 0.4) is 0 Å². The molecular formula is C12H20N2O4. The van der Waals surface area contributed by atoms with Crippen LogP contribution in [-0.4, -0.2) is 48.4 Å². The van der Waals surface area contributed by atoms with E-state index in [2.05, 4.69) is 5.32 Å². The highest BCUT2D eigenvalue weighted by molar-refractivity contribution is 5.88. The number of nitrogens with one attached hydrogen (secondary N) is 1. The summed E-state index contributed by atoms with van der Waals surface area (Å²) in [4.78, 5) is 35.7. The number of hydrogen-bond donors (Lipinski definition) is 2. The van der Waals surface area contributed by atoms with E-state index in [1.807, 2.05) is 0 Å². The number of carboxylic acid groups (broad SMARTS) is 1. The van der Waals surface area contributed by atoms with Crippen molar-refractivity contribution in [2.24, 2.45) is 11.8 Å². The summed E-state index contributed by atoms with van der Waals surface area (Å²) >= 11 is 0. The van der Waals surface area contributed by atoms with Crippen LogP contribution < -0.4 is 5.32 Å². The second kappa shape index (κ2) is 6.37. The molecule has 0 aromatic heterocycles. The van der Waals surface area contributed by atoms with Gasteiger partial charge in [0.1, 0.15) is 0 Å². The maximum absolute atomic E-state index is 11.9. The van der Waals surface area contributed by atoms with E-state index in [1.165, 1.54) is 4.90 Å². The summed E-state index contributed by atoms with van der Waals surface area (Å²) in [6.07, 6.45) is 2.83. The average molecular weight is 256 g/mol. The van der Waals surface area contributed by atoms with E-state index in [0.717, 1.165) is 12.8 Å². The number of amides is 2. The number of carbonyl (C=O) groups excluding carboxylic acids is 2. The van der Waals surface area contributed by atoms with Gasteiger partial charge in [-0.2, -0.15) is 0 Å². The standard InChI is InChI=1S/C12H20N2O4/c1-14(2)10(15)7-13-11(16)8-5-3-4-6-9(8)12(17)18/h8-9H,3-7H2,1-2H3,(H,13,16)(H,17,18)/t8-,9+/m1/s1. The molecule has 0 unspecified atom stereocenters. The Labute approximate surface area is 106 Å². The first-order chi connectivity index (χ1) is 8.43. The van der Waals surface area contributed by atoms with E-state index in [0.29, 0.717) is 12.8 Å². The lowest BCUT2D eigenvalue weighted by atomic mass is 9.79. The molecule has 0 aromatic rings. The summed E-state index contributed by atoms with van der Waals surface area (Å²) in [5.74, 6) is -2.57. The van der Waals surface area contributed by atoms with E-state index >= 15 is 0 Å². The van der Waals surface area contributed by atoms with Crippen LogP contribution in [-0.2, 0) is 14.4 Å². The summed E-state index contributed by atoms with van der Waals surface area (Å²) in [6.45, 7) is -0.0747. The first-order valence-corrected chi connectivity index (χ1v) is 6.14. The third kappa shape index (κ3) is 3.72. The summed E-state index contributed by atoms with van der Waals surface area (Å²) in [7, 11) is 3.21. The van der Waals surface area contributed by atoms with Gasteiger partial charge in [-0.1, -0.05) is 12.8 Å². The first-order valence-electron chi connectivity index (χ1n) is 6.14. The van der Waals surface area contributed by atoms with Crippen LogP contribution in [0.25, 0.3) is 0 Å². The molecule has 2 atom stereocenters. The molecule has 0 heterocycles. The van der Waals surface area contributed by atoms with E-state index in [9.17, 15) is 14.4 Å². The number of carbonyl (C=O) groups is 3. The Balaban J connectivity index is 2.53. The third-order valence-electron chi connectivity index (χ3n) is 3.33. The van der Waals surface area contributed by atoms with Crippen LogP contribution in [0.15, 0.2) is 0 Å². The molecule has 6 heteroatoms. The Kier molecular flexibility index (Phi) is 5.12. The number of likely N-dealkylation sites (N-methyl/N-ethyl adjacent to an activating group) is 1. The molecule has 0 bridgehead atoms. The molecule has 2 amide bonds. The van der Waals surface area contributed by atoms with Gasteiger partial charge in [0.25, 0.3) is 0 Å². The molecule has 102 valence electrons. The molecule has 0 aliphatic heterocycles. The Hall–Kier alpha value is -1.59. The first kappa shape index (κ1) is 14.5. The van der Waals surface area contributed by atoms with E-state index in [4.69, 9.17) is 5.11 Å². The summed E-state index contributed by atoms with van der Waals surface area (Å²) < 4.78 is 0. The van der Waals surface area contributed by atoms with Crippen molar-refractivity contribution in [2.75, 3.05) is 20.6 Å². The number of nitrogens with zero attached hydrogens (tertiary/aromatic N) is 1. The zero-order chi connectivity index (χ0) is 13.7. The minimum absolute atomic E-state index is 0.0747. The maximum atomic E-state index is 11.9. The number of rotatable bonds is 4. The molecule has 1 saturated carbocycles. The van der Waals surface area contributed by atoms with Gasteiger partial charge in [-0.25, -0.2) is 0 Å². The Morgan fingerprint density at radius 3 is 2.22 bits per heavy atom. The smallest absolute Gasteiger partial charge is 0.307 e. The van der Waals surface area contributed by atoms with Gasteiger partial charge in [0.2, 0.25) is 11.8 Å². The molecular weight excluding hydrogens is 236 g/mol. The van der Waals surface area contributed by atoms with Gasteiger partial charge < -0.3 is 15.3 Å². The van der Waals surface area contributed by atoms with Crippen molar-refractivity contribution in [1.82, 2.24) is 10.2 Å². The van der Waals surface area contributed by atoms with E-state index in [1.54, 1.807) is 14.1 Å². The Morgan fingerprint density at radius 2 is 1.72 bits per heavy atom. The quantitative estimate of drug-likeness (QED) is 0.746. The monoisotopic (exact) mass is 256 g/mol. The van der Waals surface area contributed by atoms with E-state index < -0.39 is 17.8 Å². The van der Waals surface area contributed by atoms with Gasteiger partial charge in [-0.3, -0.25) is 14.4 Å². The van der Waals surface area contributed by atoms with Crippen molar-refractivity contribution < 1.29 is 19.5 Å². The van der Waals surface area contributed by atoms with Crippen LogP contribution in [0.4, 0.5) is 0 Å². The number of carboxylic acids is 1. The third-order valence-corrected chi connectivity index (χ3v) is 3.33. The highest BCUT2D eigenvalue weighted by Gasteiger charge is 2.35. The van der Waals surface area contributed by atoms with Crippen molar-refractivity contribution in [3.05, 3.63) is 0 Å². The van der Waals surface area contributed by atoms with Crippen molar-refractivity contribution in [3.8, 4) is 0 Å². The van der Waals surface area contributed by atoms with Crippen LogP contribution in [0, 0.1) is 11.8 Å². The lowest BCUT2D eigenvalue weighted by Crippen LogP contribution is -2.43. The second-order valence-corrected chi connectivity index (χ2v) is 4.84. The van der Waals surface area contributed by atoms with Crippen molar-refractivity contribution in [2.45, 2.75) is 25.7 Å². The van der Waals surface area contributed by atoms with Crippen LogP contribution in [0.2, 0.25) is 0 Å². The lowest BCUT2D eigenvalue weighted by molar-refractivity contribution is -0.149. The second-order valence-electron chi connectivity index (χ2n) is 4.84. The van der Waals surface area contributed by atoms with Gasteiger partial charge in [0, 0.05) is 14.1 Å². The molecule has 1 aliphatic carbocycles. The predicted molar refractivity (Wildman–Crippen MR) is 64.8 cm³/mol. The summed E-state index contributed by atoms with van der Waals surface area (Å²) in [5, 5.41) is 11.6. The van der Waals surface area contributed by atoms with Crippen LogP contribution in [0.5, 0.6) is 0 Å². The zero-order valence-electron chi connectivity index (χ0n) is 10.8. The van der Waals surface area contributed by atoms with E-state index in [-0.39, 0.29) is 18.4 Å². The zero-order valence-corrected chi connectivity index (χ0v) is 10.8. The highest BCUT2D eigenvalue weighted by Crippen LogP contribution is 2.30. The SMILES string of the molecule is CN(C)C(=O)CNC(=O)[C@@H]1CCCC[C@@H]1C(=O)O. The minimum atomic E-state index is -0.922. The molecule has 2 N–H and O–H groups in total. The summed E-state index contributed by atoms with van der Waals surface area (Å²) in [6, 6.07) is 0. The largest absolute Gasteiger partial charge is 0.481 e. The van der Waals surface area contributed by atoms with Crippen LogP contribution in [0.1, 0.15) is 25.7 Å². The molecule has 0 saturated heterocycles. The van der Waals surface area contributed by atoms with Gasteiger partial charge in [0.05, 0.1) is 18.4 Å². The molecule has 1 rings (SSSR count). The normalized spacial score (nSPS) is 23.2. The maximum Gasteiger partial charge on any atom is 0.307 e.